The Morgan fingerprint density at radius 2 is 2.10 bits per heavy atom. The van der Waals surface area contributed by atoms with Crippen LogP contribution in [-0.4, -0.2) is 22.3 Å². The van der Waals surface area contributed by atoms with Gasteiger partial charge < -0.3 is 5.11 Å². The minimum atomic E-state index is -1.43. The van der Waals surface area contributed by atoms with Crippen molar-refractivity contribution < 1.29 is 14.7 Å². The van der Waals surface area contributed by atoms with E-state index in [0.29, 0.717) is 16.7 Å². The third-order valence-electron chi connectivity index (χ3n) is 4.89. The second-order valence-corrected chi connectivity index (χ2v) is 6.54. The molecule has 2 unspecified atom stereocenters. The fraction of sp³-hybridized carbons (Fsp3) is 0.529. The highest BCUT2D eigenvalue weighted by atomic mass is 16.3. The molecule has 0 aliphatic heterocycles. The van der Waals surface area contributed by atoms with E-state index >= 15 is 0 Å². The Morgan fingerprint density at radius 3 is 2.80 bits per heavy atom. The third-order valence-corrected chi connectivity index (χ3v) is 4.89. The van der Waals surface area contributed by atoms with Crippen LogP contribution in [0.15, 0.2) is 34.9 Å². The molecule has 0 aromatic rings. The van der Waals surface area contributed by atoms with E-state index in [-0.39, 0.29) is 29.8 Å². The molecule has 0 aromatic heterocycles. The van der Waals surface area contributed by atoms with Crippen LogP contribution in [0.3, 0.4) is 0 Å². The van der Waals surface area contributed by atoms with E-state index in [1.54, 1.807) is 0 Å². The summed E-state index contributed by atoms with van der Waals surface area (Å²) in [6.45, 7) is 7.44. The van der Waals surface area contributed by atoms with Crippen LogP contribution >= 0.6 is 0 Å². The summed E-state index contributed by atoms with van der Waals surface area (Å²) in [5.41, 5.74) is 1.36. The van der Waals surface area contributed by atoms with Crippen LogP contribution in [0.1, 0.15) is 39.5 Å². The van der Waals surface area contributed by atoms with Crippen molar-refractivity contribution in [2.45, 2.75) is 45.1 Å². The van der Waals surface area contributed by atoms with Gasteiger partial charge in [0.15, 0.2) is 11.6 Å². The number of hydrogen-bond donors (Lipinski definition) is 1. The number of allylic oxidation sites excluding steroid dienone is 3. The summed E-state index contributed by atoms with van der Waals surface area (Å²) >= 11 is 0. The van der Waals surface area contributed by atoms with Crippen molar-refractivity contribution in [2.75, 3.05) is 0 Å². The van der Waals surface area contributed by atoms with Crippen molar-refractivity contribution in [3.8, 4) is 0 Å². The normalized spacial score (nSPS) is 37.5. The van der Waals surface area contributed by atoms with Gasteiger partial charge in [-0.25, -0.2) is 0 Å². The number of ketones is 2. The van der Waals surface area contributed by atoms with Crippen molar-refractivity contribution >= 4 is 11.6 Å². The van der Waals surface area contributed by atoms with Gasteiger partial charge in [-0.05, 0) is 44.6 Å². The molecule has 3 nitrogen and oxygen atoms in total. The molecule has 0 spiro atoms. The minimum absolute atomic E-state index is 0.0756. The van der Waals surface area contributed by atoms with Crippen molar-refractivity contribution in [1.29, 1.82) is 0 Å². The van der Waals surface area contributed by atoms with Gasteiger partial charge in [-0.15, -0.1) is 0 Å². The van der Waals surface area contributed by atoms with E-state index in [2.05, 4.69) is 6.58 Å². The average Bonchev–Trinajstić information content (AvgIpc) is 2.54. The topological polar surface area (TPSA) is 54.4 Å². The summed E-state index contributed by atoms with van der Waals surface area (Å²) in [5, 5.41) is 10.3. The zero-order valence-corrected chi connectivity index (χ0v) is 12.0. The van der Waals surface area contributed by atoms with E-state index in [1.807, 2.05) is 13.0 Å². The summed E-state index contributed by atoms with van der Waals surface area (Å²) in [6.07, 6.45) is 5.07. The first kappa shape index (κ1) is 13.5. The molecule has 0 heterocycles. The van der Waals surface area contributed by atoms with Crippen LogP contribution in [-0.2, 0) is 9.59 Å². The predicted molar refractivity (Wildman–Crippen MR) is 76.0 cm³/mol. The number of hydrogen-bond acceptors (Lipinski definition) is 3. The second-order valence-electron chi connectivity index (χ2n) is 6.54. The van der Waals surface area contributed by atoms with Gasteiger partial charge in [0, 0.05) is 23.5 Å². The van der Waals surface area contributed by atoms with Crippen molar-refractivity contribution in [3.63, 3.8) is 0 Å². The van der Waals surface area contributed by atoms with Crippen molar-refractivity contribution in [1.82, 2.24) is 0 Å². The average molecular weight is 272 g/mol. The minimum Gasteiger partial charge on any atom is -0.382 e. The van der Waals surface area contributed by atoms with Crippen molar-refractivity contribution in [2.24, 2.45) is 11.8 Å². The number of Topliss-reactive ketones (excluding diaryl/α,β-unsaturated/α-hetero) is 2. The molecule has 106 valence electrons. The number of fused-ring (bicyclic) bond motifs is 2. The summed E-state index contributed by atoms with van der Waals surface area (Å²) in [7, 11) is 0. The lowest BCUT2D eigenvalue weighted by atomic mass is 9.71. The summed E-state index contributed by atoms with van der Waals surface area (Å²) in [4.78, 5) is 25.0. The quantitative estimate of drug-likeness (QED) is 0.689. The fourth-order valence-electron chi connectivity index (χ4n) is 3.90. The molecule has 3 rings (SSSR count). The van der Waals surface area contributed by atoms with Crippen LogP contribution in [0.4, 0.5) is 0 Å². The van der Waals surface area contributed by atoms with Crippen LogP contribution < -0.4 is 0 Å². The van der Waals surface area contributed by atoms with Gasteiger partial charge in [-0.3, -0.25) is 9.59 Å². The molecule has 3 aliphatic rings. The van der Waals surface area contributed by atoms with Gasteiger partial charge >= 0.3 is 0 Å². The first-order valence-electron chi connectivity index (χ1n) is 7.24. The van der Waals surface area contributed by atoms with E-state index in [4.69, 9.17) is 0 Å². The number of aliphatic hydroxyl groups is 1. The maximum Gasteiger partial charge on any atom is 0.191 e. The first-order valence-corrected chi connectivity index (χ1v) is 7.24. The fourth-order valence-corrected chi connectivity index (χ4v) is 3.90. The highest BCUT2D eigenvalue weighted by molar-refractivity contribution is 6.19. The van der Waals surface area contributed by atoms with Crippen LogP contribution in [0.2, 0.25) is 0 Å². The molecule has 0 radical (unpaired) electrons. The Labute approximate surface area is 119 Å². The lowest BCUT2D eigenvalue weighted by Gasteiger charge is -2.32. The van der Waals surface area contributed by atoms with Gasteiger partial charge in [-0.1, -0.05) is 18.2 Å². The maximum absolute atomic E-state index is 12.5. The van der Waals surface area contributed by atoms with E-state index in [9.17, 15) is 14.7 Å². The highest BCUT2D eigenvalue weighted by Gasteiger charge is 2.49. The second kappa shape index (κ2) is 4.26. The van der Waals surface area contributed by atoms with Gasteiger partial charge in [0.05, 0.1) is 0 Å². The molecule has 0 bridgehead atoms. The molecule has 20 heavy (non-hydrogen) atoms. The Kier molecular flexibility index (Phi) is 2.87. The molecule has 0 amide bonds. The summed E-state index contributed by atoms with van der Waals surface area (Å²) < 4.78 is 0. The molecule has 3 aliphatic carbocycles. The molecule has 0 aromatic carbocycles. The van der Waals surface area contributed by atoms with Crippen molar-refractivity contribution in [3.05, 3.63) is 34.9 Å². The molecule has 0 saturated heterocycles. The van der Waals surface area contributed by atoms with E-state index in [0.717, 1.165) is 24.8 Å². The van der Waals surface area contributed by atoms with E-state index < -0.39 is 5.60 Å². The SMILES string of the molecule is C=C1CCC[C@H]2C=C(C)C(=O)C3=C(C(=O)C(C)(O)C3)C12. The monoisotopic (exact) mass is 272 g/mol. The number of carbonyl (C=O) groups excluding carboxylic acids is 2. The Hall–Kier alpha value is -1.48. The molecule has 1 fully saturated rings. The summed E-state index contributed by atoms with van der Waals surface area (Å²) in [5.74, 6) is -0.262. The van der Waals surface area contributed by atoms with Gasteiger partial charge in [-0.2, -0.15) is 0 Å². The van der Waals surface area contributed by atoms with Gasteiger partial charge in [0.2, 0.25) is 0 Å². The van der Waals surface area contributed by atoms with Crippen LogP contribution in [0.25, 0.3) is 0 Å². The molecule has 3 atom stereocenters. The lowest BCUT2D eigenvalue weighted by molar-refractivity contribution is -0.130. The smallest absolute Gasteiger partial charge is 0.191 e. The standard InChI is InChI=1S/C17H20O3/c1-9-5-4-6-11-7-10(2)15(18)12-8-17(3,20)16(19)14(12)13(9)11/h7,11,13,20H,1,4-6,8H2,2-3H3/t11-,13?,17?/m0/s1. The Bertz CT molecular complexity index is 589. The molecule has 1 N–H and O–H groups in total. The number of carbonyl (C=O) groups is 2. The maximum atomic E-state index is 12.5. The van der Waals surface area contributed by atoms with Crippen LogP contribution in [0, 0.1) is 11.8 Å². The molecule has 1 saturated carbocycles. The first-order chi connectivity index (χ1) is 9.33. The molecule has 3 heteroatoms. The van der Waals surface area contributed by atoms with E-state index in [1.165, 1.54) is 6.92 Å². The lowest BCUT2D eigenvalue weighted by Crippen LogP contribution is -2.35. The highest BCUT2D eigenvalue weighted by Crippen LogP contribution is 2.48. The van der Waals surface area contributed by atoms with Gasteiger partial charge in [0.25, 0.3) is 0 Å². The summed E-state index contributed by atoms with van der Waals surface area (Å²) in [6, 6.07) is 0. The predicted octanol–water partition coefficient (Wildman–Crippen LogP) is 2.51. The largest absolute Gasteiger partial charge is 0.382 e. The zero-order valence-electron chi connectivity index (χ0n) is 12.0. The Morgan fingerprint density at radius 1 is 1.40 bits per heavy atom. The molecular formula is C17H20O3. The molecular weight excluding hydrogens is 252 g/mol. The van der Waals surface area contributed by atoms with Gasteiger partial charge in [0.1, 0.15) is 5.60 Å². The van der Waals surface area contributed by atoms with Crippen LogP contribution in [0.5, 0.6) is 0 Å². The zero-order chi connectivity index (χ0) is 14.7. The third kappa shape index (κ3) is 1.76. The number of rotatable bonds is 0. The Balaban J connectivity index is 2.19.